The second kappa shape index (κ2) is 5.77. The van der Waals surface area contributed by atoms with Gasteiger partial charge in [0, 0.05) is 5.69 Å². The molecule has 1 heterocycles. The number of thiazole rings is 1. The van der Waals surface area contributed by atoms with Gasteiger partial charge in [0.2, 0.25) is 0 Å². The Balaban J connectivity index is 2.16. The Morgan fingerprint density at radius 3 is 2.58 bits per heavy atom. The first-order chi connectivity index (χ1) is 9.01. The molecular formula is C11H11ClN2O3S2. The maximum atomic E-state index is 12.0. The van der Waals surface area contributed by atoms with Crippen LogP contribution in [0.4, 0.5) is 5.69 Å². The van der Waals surface area contributed by atoms with Gasteiger partial charge >= 0.3 is 0 Å². The van der Waals surface area contributed by atoms with Crippen molar-refractivity contribution in [1.29, 1.82) is 0 Å². The van der Waals surface area contributed by atoms with Crippen LogP contribution in [0.5, 0.6) is 5.75 Å². The van der Waals surface area contributed by atoms with Gasteiger partial charge < -0.3 is 4.74 Å². The van der Waals surface area contributed by atoms with Crippen molar-refractivity contribution in [2.45, 2.75) is 11.1 Å². The molecule has 19 heavy (non-hydrogen) atoms. The summed E-state index contributed by atoms with van der Waals surface area (Å²) in [5, 5.41) is 0. The summed E-state index contributed by atoms with van der Waals surface area (Å²) in [6.45, 7) is 2.44. The number of ether oxygens (including phenoxy) is 1. The molecule has 0 atom stereocenters. The van der Waals surface area contributed by atoms with Crippen LogP contribution in [0.1, 0.15) is 6.92 Å². The molecule has 2 aromatic rings. The van der Waals surface area contributed by atoms with Crippen LogP contribution in [-0.2, 0) is 10.0 Å². The SMILES string of the molecule is CCOc1ccc(NS(=O)(=O)c2cnc(Cl)s2)cc1. The highest BCUT2D eigenvalue weighted by molar-refractivity contribution is 7.94. The Kier molecular flexibility index (Phi) is 4.28. The first-order valence-electron chi connectivity index (χ1n) is 5.38. The highest BCUT2D eigenvalue weighted by atomic mass is 35.5. The molecule has 0 unspecified atom stereocenters. The zero-order valence-electron chi connectivity index (χ0n) is 9.96. The van der Waals surface area contributed by atoms with Crippen molar-refractivity contribution in [3.8, 4) is 5.75 Å². The molecule has 2 rings (SSSR count). The number of aromatic nitrogens is 1. The van der Waals surface area contributed by atoms with Crippen molar-refractivity contribution in [1.82, 2.24) is 4.98 Å². The van der Waals surface area contributed by atoms with Crippen molar-refractivity contribution in [2.24, 2.45) is 0 Å². The molecule has 1 aromatic carbocycles. The van der Waals surface area contributed by atoms with Gasteiger partial charge in [0.1, 0.15) is 5.75 Å². The second-order valence-electron chi connectivity index (χ2n) is 3.50. The Bertz CT molecular complexity index is 653. The molecule has 102 valence electrons. The van der Waals surface area contributed by atoms with Crippen LogP contribution in [0.15, 0.2) is 34.7 Å². The highest BCUT2D eigenvalue weighted by Gasteiger charge is 2.17. The van der Waals surface area contributed by atoms with Crippen molar-refractivity contribution in [3.63, 3.8) is 0 Å². The molecule has 1 aromatic heterocycles. The van der Waals surface area contributed by atoms with E-state index in [0.717, 1.165) is 11.3 Å². The quantitative estimate of drug-likeness (QED) is 0.920. The molecule has 0 saturated heterocycles. The van der Waals surface area contributed by atoms with E-state index in [1.54, 1.807) is 24.3 Å². The molecule has 0 fully saturated rings. The minimum absolute atomic E-state index is 0.0754. The predicted molar refractivity (Wildman–Crippen MR) is 75.5 cm³/mol. The Labute approximate surface area is 120 Å². The van der Waals surface area contributed by atoms with E-state index in [1.165, 1.54) is 6.20 Å². The van der Waals surface area contributed by atoms with Gasteiger partial charge in [0.25, 0.3) is 10.0 Å². The maximum Gasteiger partial charge on any atom is 0.273 e. The maximum absolute atomic E-state index is 12.0. The third-order valence-corrected chi connectivity index (χ3v) is 5.10. The van der Waals surface area contributed by atoms with Crippen LogP contribution in [0.3, 0.4) is 0 Å². The number of hydrogen-bond donors (Lipinski definition) is 1. The van der Waals surface area contributed by atoms with Crippen LogP contribution in [-0.4, -0.2) is 20.0 Å². The van der Waals surface area contributed by atoms with E-state index in [-0.39, 0.29) is 8.68 Å². The van der Waals surface area contributed by atoms with E-state index in [2.05, 4.69) is 9.71 Å². The van der Waals surface area contributed by atoms with Crippen molar-refractivity contribution >= 4 is 38.6 Å². The van der Waals surface area contributed by atoms with E-state index < -0.39 is 10.0 Å². The van der Waals surface area contributed by atoms with Crippen molar-refractivity contribution in [2.75, 3.05) is 11.3 Å². The van der Waals surface area contributed by atoms with Gasteiger partial charge in [-0.1, -0.05) is 22.9 Å². The summed E-state index contributed by atoms with van der Waals surface area (Å²) in [6.07, 6.45) is 1.23. The van der Waals surface area contributed by atoms with Gasteiger partial charge in [-0.25, -0.2) is 13.4 Å². The normalized spacial score (nSPS) is 11.3. The number of anilines is 1. The van der Waals surface area contributed by atoms with E-state index >= 15 is 0 Å². The molecular weight excluding hydrogens is 308 g/mol. The minimum Gasteiger partial charge on any atom is -0.494 e. The molecule has 0 saturated carbocycles. The van der Waals surface area contributed by atoms with Crippen LogP contribution in [0.25, 0.3) is 0 Å². The zero-order chi connectivity index (χ0) is 13.9. The van der Waals surface area contributed by atoms with Gasteiger partial charge in [-0.05, 0) is 31.2 Å². The van der Waals surface area contributed by atoms with Gasteiger partial charge in [-0.3, -0.25) is 4.72 Å². The lowest BCUT2D eigenvalue weighted by molar-refractivity contribution is 0.340. The Morgan fingerprint density at radius 2 is 2.05 bits per heavy atom. The summed E-state index contributed by atoms with van der Waals surface area (Å²) in [7, 11) is -3.64. The summed E-state index contributed by atoms with van der Waals surface area (Å²) in [5.74, 6) is 0.686. The number of rotatable bonds is 5. The molecule has 0 aliphatic carbocycles. The molecule has 5 nitrogen and oxygen atoms in total. The van der Waals surface area contributed by atoms with Crippen LogP contribution in [0.2, 0.25) is 4.47 Å². The fourth-order valence-corrected chi connectivity index (χ4v) is 3.71. The van der Waals surface area contributed by atoms with E-state index in [4.69, 9.17) is 16.3 Å². The van der Waals surface area contributed by atoms with Gasteiger partial charge in [-0.2, -0.15) is 0 Å². The van der Waals surface area contributed by atoms with Crippen molar-refractivity contribution < 1.29 is 13.2 Å². The molecule has 0 aliphatic heterocycles. The predicted octanol–water partition coefficient (Wildman–Crippen LogP) is 3.00. The lowest BCUT2D eigenvalue weighted by Crippen LogP contribution is -2.11. The molecule has 1 N–H and O–H groups in total. The number of sulfonamides is 1. The van der Waals surface area contributed by atoms with E-state index in [9.17, 15) is 8.42 Å². The third-order valence-electron chi connectivity index (χ3n) is 2.14. The monoisotopic (exact) mass is 318 g/mol. The fraction of sp³-hybridized carbons (Fsp3) is 0.182. The summed E-state index contributed by atoms with van der Waals surface area (Å²) in [5.41, 5.74) is 0.452. The highest BCUT2D eigenvalue weighted by Crippen LogP contribution is 2.25. The number of benzene rings is 1. The fourth-order valence-electron chi connectivity index (χ4n) is 1.35. The van der Waals surface area contributed by atoms with E-state index in [1.807, 2.05) is 6.92 Å². The van der Waals surface area contributed by atoms with Gasteiger partial charge in [-0.15, -0.1) is 0 Å². The molecule has 8 heteroatoms. The summed E-state index contributed by atoms with van der Waals surface area (Å²) in [6, 6.07) is 6.65. The van der Waals surface area contributed by atoms with Gasteiger partial charge in [0.15, 0.2) is 8.68 Å². The number of nitrogens with one attached hydrogen (secondary N) is 1. The smallest absolute Gasteiger partial charge is 0.273 e. The average Bonchev–Trinajstić information content (AvgIpc) is 2.79. The molecule has 0 radical (unpaired) electrons. The number of hydrogen-bond acceptors (Lipinski definition) is 5. The lowest BCUT2D eigenvalue weighted by atomic mass is 10.3. The Hall–Kier alpha value is -1.31. The topological polar surface area (TPSA) is 68.3 Å². The minimum atomic E-state index is -3.64. The first-order valence-corrected chi connectivity index (χ1v) is 8.06. The average molecular weight is 319 g/mol. The number of nitrogens with zero attached hydrogens (tertiary/aromatic N) is 1. The molecule has 0 spiro atoms. The van der Waals surface area contributed by atoms with Crippen LogP contribution < -0.4 is 9.46 Å². The first kappa shape index (κ1) is 14.1. The summed E-state index contributed by atoms with van der Waals surface area (Å²) < 4.78 is 32.0. The van der Waals surface area contributed by atoms with E-state index in [0.29, 0.717) is 18.0 Å². The third kappa shape index (κ3) is 3.59. The van der Waals surface area contributed by atoms with Gasteiger partial charge in [0.05, 0.1) is 12.8 Å². The second-order valence-corrected chi connectivity index (χ2v) is 7.02. The summed E-state index contributed by atoms with van der Waals surface area (Å²) >= 11 is 6.53. The summed E-state index contributed by atoms with van der Waals surface area (Å²) in [4.78, 5) is 3.71. The molecule has 0 bridgehead atoms. The largest absolute Gasteiger partial charge is 0.494 e. The standard InChI is InChI=1S/C11H11ClN2O3S2/c1-2-17-9-5-3-8(4-6-9)14-19(15,16)10-7-13-11(12)18-10/h3-7,14H,2H2,1H3. The van der Waals surface area contributed by atoms with Crippen LogP contribution in [0, 0.1) is 0 Å². The Morgan fingerprint density at radius 1 is 1.37 bits per heavy atom. The zero-order valence-corrected chi connectivity index (χ0v) is 12.3. The molecule has 0 aliphatic rings. The number of halogens is 1. The van der Waals surface area contributed by atoms with Crippen LogP contribution >= 0.6 is 22.9 Å². The van der Waals surface area contributed by atoms with Crippen molar-refractivity contribution in [3.05, 3.63) is 34.9 Å². The lowest BCUT2D eigenvalue weighted by Gasteiger charge is -2.07. The molecule has 0 amide bonds.